The zero-order valence-corrected chi connectivity index (χ0v) is 16.9. The van der Waals surface area contributed by atoms with Gasteiger partial charge in [0.2, 0.25) is 5.91 Å². The monoisotopic (exact) mass is 370 g/mol. The van der Waals surface area contributed by atoms with Crippen LogP contribution in [0.1, 0.15) is 27.8 Å². The summed E-state index contributed by atoms with van der Waals surface area (Å²) in [7, 11) is 3.29. The lowest BCUT2D eigenvalue weighted by molar-refractivity contribution is -0.132. The average Bonchev–Trinajstić information content (AvgIpc) is 2.62. The smallest absolute Gasteiger partial charge is 0.241 e. The van der Waals surface area contributed by atoms with Crippen molar-refractivity contribution in [2.45, 2.75) is 40.0 Å². The fourth-order valence-electron chi connectivity index (χ4n) is 3.17. The second-order valence-electron chi connectivity index (χ2n) is 7.03. The van der Waals surface area contributed by atoms with Crippen LogP contribution in [0.5, 0.6) is 5.75 Å². The zero-order chi connectivity index (χ0) is 20.0. The summed E-state index contributed by atoms with van der Waals surface area (Å²) in [5, 5.41) is 0. The summed E-state index contributed by atoms with van der Waals surface area (Å²) in [6.45, 7) is 7.40. The van der Waals surface area contributed by atoms with Crippen LogP contribution in [0, 0.1) is 20.8 Å². The Bertz CT molecular complexity index is 766. The number of aryl methyl sites for hydroxylation is 3. The maximum atomic E-state index is 12.3. The largest absolute Gasteiger partial charge is 0.488 e. The van der Waals surface area contributed by atoms with Gasteiger partial charge in [0.25, 0.3) is 0 Å². The van der Waals surface area contributed by atoms with Crippen LogP contribution in [0.2, 0.25) is 0 Å². The standard InChI is InChI=1S/C22H30N2O3/c1-15-8-6-7-9-19(15)13-27-21-16(2)10-18(11-17(21)3)12-24(4)22(25)20(23)14-26-5/h6-11,20H,12-14,23H2,1-5H3. The number of benzene rings is 2. The van der Waals surface area contributed by atoms with Gasteiger partial charge in [-0.3, -0.25) is 4.79 Å². The molecule has 0 spiro atoms. The summed E-state index contributed by atoms with van der Waals surface area (Å²) in [6, 6.07) is 11.7. The minimum atomic E-state index is -0.640. The minimum absolute atomic E-state index is 0.132. The van der Waals surface area contributed by atoms with Gasteiger partial charge in [-0.25, -0.2) is 0 Å². The van der Waals surface area contributed by atoms with E-state index in [1.807, 2.05) is 26.0 Å². The van der Waals surface area contributed by atoms with Crippen LogP contribution in [0.3, 0.4) is 0 Å². The van der Waals surface area contributed by atoms with Crippen molar-refractivity contribution in [2.75, 3.05) is 20.8 Å². The molecular weight excluding hydrogens is 340 g/mol. The molecule has 0 aliphatic heterocycles. The molecule has 0 heterocycles. The number of hydrogen-bond acceptors (Lipinski definition) is 4. The Morgan fingerprint density at radius 3 is 2.33 bits per heavy atom. The molecule has 2 N–H and O–H groups in total. The molecule has 0 radical (unpaired) electrons. The van der Waals surface area contributed by atoms with Gasteiger partial charge in [0.1, 0.15) is 18.4 Å². The fourth-order valence-corrected chi connectivity index (χ4v) is 3.17. The molecule has 0 saturated carbocycles. The van der Waals surface area contributed by atoms with E-state index in [0.717, 1.165) is 22.4 Å². The number of rotatable bonds is 8. The Labute approximate surface area is 162 Å². The molecule has 5 nitrogen and oxygen atoms in total. The van der Waals surface area contributed by atoms with Gasteiger partial charge in [-0.1, -0.05) is 36.4 Å². The maximum Gasteiger partial charge on any atom is 0.241 e. The number of ether oxygens (including phenoxy) is 2. The first-order valence-electron chi connectivity index (χ1n) is 9.10. The van der Waals surface area contributed by atoms with E-state index >= 15 is 0 Å². The van der Waals surface area contributed by atoms with Gasteiger partial charge < -0.3 is 20.1 Å². The van der Waals surface area contributed by atoms with Crippen LogP contribution < -0.4 is 10.5 Å². The van der Waals surface area contributed by atoms with Crippen molar-refractivity contribution < 1.29 is 14.3 Å². The molecule has 1 unspecified atom stereocenters. The Kier molecular flexibility index (Phi) is 7.39. The topological polar surface area (TPSA) is 64.8 Å². The molecule has 2 rings (SSSR count). The van der Waals surface area contributed by atoms with E-state index in [-0.39, 0.29) is 12.5 Å². The Morgan fingerprint density at radius 2 is 1.74 bits per heavy atom. The summed E-state index contributed by atoms with van der Waals surface area (Å²) in [5.41, 5.74) is 11.4. The second-order valence-corrected chi connectivity index (χ2v) is 7.03. The molecule has 27 heavy (non-hydrogen) atoms. The third kappa shape index (κ3) is 5.55. The van der Waals surface area contributed by atoms with Crippen molar-refractivity contribution in [1.29, 1.82) is 0 Å². The molecule has 2 aromatic rings. The van der Waals surface area contributed by atoms with E-state index in [1.54, 1.807) is 11.9 Å². The molecule has 0 aliphatic carbocycles. The van der Waals surface area contributed by atoms with Crippen LogP contribution in [-0.4, -0.2) is 37.6 Å². The van der Waals surface area contributed by atoms with E-state index in [4.69, 9.17) is 15.2 Å². The molecule has 0 saturated heterocycles. The third-order valence-electron chi connectivity index (χ3n) is 4.61. The number of nitrogens with zero attached hydrogens (tertiary/aromatic N) is 1. The first-order valence-corrected chi connectivity index (χ1v) is 9.10. The molecule has 1 amide bonds. The number of methoxy groups -OCH3 is 1. The SMILES string of the molecule is COCC(N)C(=O)N(C)Cc1cc(C)c(OCc2ccccc2C)c(C)c1. The molecule has 146 valence electrons. The normalized spacial score (nSPS) is 11.9. The minimum Gasteiger partial charge on any atom is -0.488 e. The lowest BCUT2D eigenvalue weighted by Gasteiger charge is -2.22. The van der Waals surface area contributed by atoms with Crippen LogP contribution in [0.15, 0.2) is 36.4 Å². The summed E-state index contributed by atoms with van der Waals surface area (Å²) >= 11 is 0. The van der Waals surface area contributed by atoms with Gasteiger partial charge in [0, 0.05) is 20.7 Å². The number of carbonyl (C=O) groups is 1. The second kappa shape index (κ2) is 9.53. The van der Waals surface area contributed by atoms with Gasteiger partial charge in [-0.05, 0) is 48.6 Å². The highest BCUT2D eigenvalue weighted by molar-refractivity contribution is 5.81. The van der Waals surface area contributed by atoms with Crippen LogP contribution >= 0.6 is 0 Å². The zero-order valence-electron chi connectivity index (χ0n) is 16.9. The summed E-state index contributed by atoms with van der Waals surface area (Å²) < 4.78 is 11.1. The number of amides is 1. The van der Waals surface area contributed by atoms with Crippen LogP contribution in [0.25, 0.3) is 0 Å². The predicted octanol–water partition coefficient (Wildman–Crippen LogP) is 3.12. The highest BCUT2D eigenvalue weighted by atomic mass is 16.5. The van der Waals surface area contributed by atoms with E-state index in [1.165, 1.54) is 18.2 Å². The molecule has 0 bridgehead atoms. The fraction of sp³-hybridized carbons (Fsp3) is 0.409. The number of carbonyl (C=O) groups excluding carboxylic acids is 1. The van der Waals surface area contributed by atoms with E-state index in [9.17, 15) is 4.79 Å². The molecule has 1 atom stereocenters. The van der Waals surface area contributed by atoms with Crippen molar-refractivity contribution in [3.8, 4) is 5.75 Å². The summed E-state index contributed by atoms with van der Waals surface area (Å²) in [6.07, 6.45) is 0. The average molecular weight is 370 g/mol. The lowest BCUT2D eigenvalue weighted by atomic mass is 10.0. The Morgan fingerprint density at radius 1 is 1.11 bits per heavy atom. The van der Waals surface area contributed by atoms with Crippen molar-refractivity contribution in [3.63, 3.8) is 0 Å². The Balaban J connectivity index is 2.07. The van der Waals surface area contributed by atoms with Gasteiger partial charge in [-0.2, -0.15) is 0 Å². The number of hydrogen-bond donors (Lipinski definition) is 1. The quantitative estimate of drug-likeness (QED) is 0.775. The molecule has 0 aliphatic rings. The van der Waals surface area contributed by atoms with Gasteiger partial charge in [-0.15, -0.1) is 0 Å². The van der Waals surface area contributed by atoms with E-state index < -0.39 is 6.04 Å². The highest BCUT2D eigenvalue weighted by Crippen LogP contribution is 2.26. The Hall–Kier alpha value is -2.37. The third-order valence-corrected chi connectivity index (χ3v) is 4.61. The van der Waals surface area contributed by atoms with Gasteiger partial charge >= 0.3 is 0 Å². The predicted molar refractivity (Wildman–Crippen MR) is 108 cm³/mol. The van der Waals surface area contributed by atoms with Crippen LogP contribution in [0.4, 0.5) is 0 Å². The molecular formula is C22H30N2O3. The van der Waals surface area contributed by atoms with Crippen molar-refractivity contribution in [3.05, 3.63) is 64.2 Å². The van der Waals surface area contributed by atoms with Crippen LogP contribution in [-0.2, 0) is 22.7 Å². The lowest BCUT2D eigenvalue weighted by Crippen LogP contribution is -2.44. The summed E-state index contributed by atoms with van der Waals surface area (Å²) in [4.78, 5) is 13.9. The van der Waals surface area contributed by atoms with Gasteiger partial charge in [0.15, 0.2) is 0 Å². The van der Waals surface area contributed by atoms with Gasteiger partial charge in [0.05, 0.1) is 6.61 Å². The van der Waals surface area contributed by atoms with Crippen molar-refractivity contribution in [1.82, 2.24) is 4.90 Å². The van der Waals surface area contributed by atoms with Crippen molar-refractivity contribution in [2.24, 2.45) is 5.73 Å². The van der Waals surface area contributed by atoms with Crippen molar-refractivity contribution >= 4 is 5.91 Å². The molecule has 0 fully saturated rings. The first-order chi connectivity index (χ1) is 12.8. The van der Waals surface area contributed by atoms with E-state index in [2.05, 4.69) is 31.2 Å². The first kappa shape index (κ1) is 20.9. The maximum absolute atomic E-state index is 12.3. The molecule has 2 aromatic carbocycles. The van der Waals surface area contributed by atoms with E-state index in [0.29, 0.717) is 13.2 Å². The molecule has 0 aromatic heterocycles. The number of likely N-dealkylation sites (N-methyl/N-ethyl adjacent to an activating group) is 1. The highest BCUT2D eigenvalue weighted by Gasteiger charge is 2.18. The number of nitrogens with two attached hydrogens (primary N) is 1. The molecule has 5 heteroatoms. The summed E-state index contributed by atoms with van der Waals surface area (Å²) in [5.74, 6) is 0.763.